The van der Waals surface area contributed by atoms with E-state index in [1.165, 1.54) is 0 Å². The van der Waals surface area contributed by atoms with Crippen LogP contribution in [0.1, 0.15) is 19.3 Å². The molecule has 1 aliphatic heterocycles. The first-order valence-electron chi connectivity index (χ1n) is 6.28. The second-order valence-electron chi connectivity index (χ2n) is 4.41. The Kier molecular flexibility index (Phi) is 8.14. The molecule has 1 aliphatic rings. The zero-order valence-electron chi connectivity index (χ0n) is 10.7. The van der Waals surface area contributed by atoms with Crippen LogP contribution in [0.2, 0.25) is 0 Å². The Morgan fingerprint density at radius 2 is 2.00 bits per heavy atom. The predicted octanol–water partition coefficient (Wildman–Crippen LogP) is 1.42. The van der Waals surface area contributed by atoms with Crippen LogP contribution in [0.4, 0.5) is 0 Å². The lowest BCUT2D eigenvalue weighted by Crippen LogP contribution is -2.51. The van der Waals surface area contributed by atoms with Gasteiger partial charge in [0.1, 0.15) is 0 Å². The highest BCUT2D eigenvalue weighted by Crippen LogP contribution is 2.21. The topological polar surface area (TPSA) is 39.7 Å². The van der Waals surface area contributed by atoms with Crippen LogP contribution in [0, 0.1) is 0 Å². The largest absolute Gasteiger partial charge is 0.382 e. The lowest BCUT2D eigenvalue weighted by atomic mass is 9.92. The van der Waals surface area contributed by atoms with E-state index in [-0.39, 0.29) is 5.54 Å². The SMILES string of the molecule is COCCOCCCNC1(CCl)CCOCC1. The maximum absolute atomic E-state index is 6.05. The summed E-state index contributed by atoms with van der Waals surface area (Å²) in [5, 5.41) is 3.55. The van der Waals surface area contributed by atoms with Crippen LogP contribution < -0.4 is 5.32 Å². The zero-order valence-corrected chi connectivity index (χ0v) is 11.4. The number of nitrogens with one attached hydrogen (secondary N) is 1. The van der Waals surface area contributed by atoms with Crippen LogP contribution in [0.3, 0.4) is 0 Å². The molecule has 5 heteroatoms. The first-order chi connectivity index (χ1) is 8.33. The molecule has 0 bridgehead atoms. The van der Waals surface area contributed by atoms with Crippen LogP contribution in [0.15, 0.2) is 0 Å². The maximum atomic E-state index is 6.05. The molecular formula is C12H24ClNO3. The Balaban J connectivity index is 2.03. The fourth-order valence-corrected chi connectivity index (χ4v) is 2.25. The monoisotopic (exact) mass is 265 g/mol. The van der Waals surface area contributed by atoms with Gasteiger partial charge in [-0.05, 0) is 25.8 Å². The summed E-state index contributed by atoms with van der Waals surface area (Å²) < 4.78 is 15.7. The van der Waals surface area contributed by atoms with Crippen LogP contribution in [-0.2, 0) is 14.2 Å². The van der Waals surface area contributed by atoms with E-state index >= 15 is 0 Å². The summed E-state index contributed by atoms with van der Waals surface area (Å²) in [6.07, 6.45) is 3.01. The first kappa shape index (κ1) is 15.2. The van der Waals surface area contributed by atoms with Gasteiger partial charge in [-0.1, -0.05) is 0 Å². The van der Waals surface area contributed by atoms with Gasteiger partial charge in [0.15, 0.2) is 0 Å². The molecule has 0 aromatic carbocycles. The van der Waals surface area contributed by atoms with Crippen molar-refractivity contribution in [2.75, 3.05) is 52.6 Å². The summed E-state index contributed by atoms with van der Waals surface area (Å²) in [7, 11) is 1.68. The number of ether oxygens (including phenoxy) is 3. The summed E-state index contributed by atoms with van der Waals surface area (Å²) in [6, 6.07) is 0. The Labute approximate surface area is 109 Å². The fraction of sp³-hybridized carbons (Fsp3) is 1.00. The van der Waals surface area contributed by atoms with Crippen molar-refractivity contribution in [3.05, 3.63) is 0 Å². The molecule has 17 heavy (non-hydrogen) atoms. The molecule has 0 spiro atoms. The highest BCUT2D eigenvalue weighted by atomic mass is 35.5. The van der Waals surface area contributed by atoms with Gasteiger partial charge >= 0.3 is 0 Å². The average molecular weight is 266 g/mol. The Hall–Kier alpha value is 0.130. The van der Waals surface area contributed by atoms with E-state index in [2.05, 4.69) is 5.32 Å². The molecule has 102 valence electrons. The van der Waals surface area contributed by atoms with Crippen molar-refractivity contribution in [2.45, 2.75) is 24.8 Å². The second kappa shape index (κ2) is 9.11. The van der Waals surface area contributed by atoms with Crippen molar-refractivity contribution >= 4 is 11.6 Å². The number of methoxy groups -OCH3 is 1. The lowest BCUT2D eigenvalue weighted by Gasteiger charge is -2.36. The smallest absolute Gasteiger partial charge is 0.0700 e. The Bertz CT molecular complexity index is 187. The summed E-state index contributed by atoms with van der Waals surface area (Å²) in [4.78, 5) is 0. The minimum Gasteiger partial charge on any atom is -0.382 e. The van der Waals surface area contributed by atoms with Crippen LogP contribution in [0.25, 0.3) is 0 Å². The number of rotatable bonds is 9. The Morgan fingerprint density at radius 3 is 2.65 bits per heavy atom. The molecule has 0 unspecified atom stereocenters. The summed E-state index contributed by atoms with van der Waals surface area (Å²) >= 11 is 6.05. The fourth-order valence-electron chi connectivity index (χ4n) is 1.89. The minimum atomic E-state index is 0.0757. The summed E-state index contributed by atoms with van der Waals surface area (Å²) in [5.41, 5.74) is 0.0757. The molecule has 0 radical (unpaired) electrons. The van der Waals surface area contributed by atoms with Crippen LogP contribution in [0.5, 0.6) is 0 Å². The molecule has 1 saturated heterocycles. The molecule has 4 nitrogen and oxygen atoms in total. The lowest BCUT2D eigenvalue weighted by molar-refractivity contribution is 0.0432. The summed E-state index contributed by atoms with van der Waals surface area (Å²) in [5.74, 6) is 0.654. The third kappa shape index (κ3) is 6.02. The van der Waals surface area contributed by atoms with Crippen molar-refractivity contribution in [3.63, 3.8) is 0 Å². The van der Waals surface area contributed by atoms with Crippen LogP contribution in [-0.4, -0.2) is 58.1 Å². The summed E-state index contributed by atoms with van der Waals surface area (Å²) in [6.45, 7) is 4.67. The van der Waals surface area contributed by atoms with E-state index in [4.69, 9.17) is 25.8 Å². The number of hydrogen-bond donors (Lipinski definition) is 1. The van der Waals surface area contributed by atoms with E-state index in [1.54, 1.807) is 7.11 Å². The van der Waals surface area contributed by atoms with Gasteiger partial charge in [-0.15, -0.1) is 11.6 Å². The molecule has 0 atom stereocenters. The maximum Gasteiger partial charge on any atom is 0.0700 e. The molecule has 0 aromatic rings. The van der Waals surface area contributed by atoms with Gasteiger partial charge < -0.3 is 19.5 Å². The van der Waals surface area contributed by atoms with Gasteiger partial charge in [-0.25, -0.2) is 0 Å². The normalized spacial score (nSPS) is 19.4. The predicted molar refractivity (Wildman–Crippen MR) is 68.8 cm³/mol. The van der Waals surface area contributed by atoms with Crippen molar-refractivity contribution in [2.24, 2.45) is 0 Å². The highest BCUT2D eigenvalue weighted by molar-refractivity contribution is 6.18. The molecule has 1 fully saturated rings. The van der Waals surface area contributed by atoms with Crippen molar-refractivity contribution in [1.29, 1.82) is 0 Å². The van der Waals surface area contributed by atoms with Crippen molar-refractivity contribution in [3.8, 4) is 0 Å². The zero-order chi connectivity index (χ0) is 12.4. The van der Waals surface area contributed by atoms with Crippen molar-refractivity contribution < 1.29 is 14.2 Å². The quantitative estimate of drug-likeness (QED) is 0.506. The van der Waals surface area contributed by atoms with Gasteiger partial charge in [0.25, 0.3) is 0 Å². The minimum absolute atomic E-state index is 0.0757. The van der Waals surface area contributed by atoms with E-state index in [0.29, 0.717) is 19.1 Å². The molecule has 0 aromatic heterocycles. The molecule has 0 saturated carbocycles. The Morgan fingerprint density at radius 1 is 1.24 bits per heavy atom. The third-order valence-electron chi connectivity index (χ3n) is 3.10. The van der Waals surface area contributed by atoms with Gasteiger partial charge in [0, 0.05) is 38.3 Å². The van der Waals surface area contributed by atoms with Crippen LogP contribution >= 0.6 is 11.6 Å². The molecule has 1 heterocycles. The van der Waals surface area contributed by atoms with Gasteiger partial charge in [0.05, 0.1) is 13.2 Å². The molecular weight excluding hydrogens is 242 g/mol. The molecule has 1 rings (SSSR count). The van der Waals surface area contributed by atoms with Gasteiger partial charge in [0.2, 0.25) is 0 Å². The molecule has 0 aliphatic carbocycles. The van der Waals surface area contributed by atoms with Gasteiger partial charge in [-0.2, -0.15) is 0 Å². The number of alkyl halides is 1. The number of hydrogen-bond acceptors (Lipinski definition) is 4. The third-order valence-corrected chi connectivity index (χ3v) is 3.61. The first-order valence-corrected chi connectivity index (χ1v) is 6.82. The standard InChI is InChI=1S/C12H24ClNO3/c1-15-9-10-16-6-2-5-14-12(11-13)3-7-17-8-4-12/h14H,2-11H2,1H3. The van der Waals surface area contributed by atoms with E-state index in [1.807, 2.05) is 0 Å². The molecule has 0 amide bonds. The van der Waals surface area contributed by atoms with Gasteiger partial charge in [-0.3, -0.25) is 0 Å². The average Bonchev–Trinajstić information content (AvgIpc) is 2.39. The number of halogens is 1. The highest BCUT2D eigenvalue weighted by Gasteiger charge is 2.30. The second-order valence-corrected chi connectivity index (χ2v) is 4.68. The molecule has 1 N–H and O–H groups in total. The van der Waals surface area contributed by atoms with Crippen molar-refractivity contribution in [1.82, 2.24) is 5.32 Å². The van der Waals surface area contributed by atoms with E-state index in [0.717, 1.165) is 45.6 Å². The van der Waals surface area contributed by atoms with E-state index in [9.17, 15) is 0 Å². The van der Waals surface area contributed by atoms with E-state index < -0.39 is 0 Å².